The molecule has 222 valence electrons. The Kier molecular flexibility index (Phi) is 9.17. The summed E-state index contributed by atoms with van der Waals surface area (Å²) < 4.78 is 21.8. The van der Waals surface area contributed by atoms with Crippen molar-refractivity contribution >= 4 is 11.9 Å². The van der Waals surface area contributed by atoms with E-state index >= 15 is 0 Å². The van der Waals surface area contributed by atoms with Crippen LogP contribution in [0.3, 0.4) is 0 Å². The first-order valence-corrected chi connectivity index (χ1v) is 14.3. The second-order valence-electron chi connectivity index (χ2n) is 10.8. The van der Waals surface area contributed by atoms with Crippen LogP contribution < -0.4 is 18.9 Å². The summed E-state index contributed by atoms with van der Waals surface area (Å²) >= 11 is 0. The molecule has 3 atom stereocenters. The molecular formula is C33H38N2O7. The molecule has 2 heterocycles. The first kappa shape index (κ1) is 29.3. The van der Waals surface area contributed by atoms with Gasteiger partial charge in [-0.2, -0.15) is 0 Å². The van der Waals surface area contributed by atoms with E-state index in [-0.39, 0.29) is 25.2 Å². The molecule has 0 saturated carbocycles. The number of carboxylic acid groups (broad SMARTS) is 1. The number of carboxylic acids is 1. The Balaban J connectivity index is 1.46. The minimum atomic E-state index is -0.910. The Bertz CT molecular complexity index is 1390. The zero-order valence-electron chi connectivity index (χ0n) is 24.3. The van der Waals surface area contributed by atoms with Crippen molar-refractivity contribution in [3.63, 3.8) is 0 Å². The minimum Gasteiger partial charge on any atom is -0.497 e. The van der Waals surface area contributed by atoms with Gasteiger partial charge in [0.2, 0.25) is 12.7 Å². The van der Waals surface area contributed by atoms with Crippen LogP contribution in [0.1, 0.15) is 48.4 Å². The lowest BCUT2D eigenvalue weighted by atomic mass is 9.82. The van der Waals surface area contributed by atoms with Gasteiger partial charge in [-0.15, -0.1) is 0 Å². The monoisotopic (exact) mass is 574 g/mol. The summed E-state index contributed by atoms with van der Waals surface area (Å²) in [7, 11) is 3.22. The van der Waals surface area contributed by atoms with Crippen LogP contribution in [0, 0.1) is 5.92 Å². The van der Waals surface area contributed by atoms with E-state index < -0.39 is 17.9 Å². The van der Waals surface area contributed by atoms with E-state index in [9.17, 15) is 14.7 Å². The number of carbonyl (C=O) groups excluding carboxylic acids is 1. The molecule has 0 bridgehead atoms. The SMILES string of the molecule is CCCCN(Cc1cccc(OC)c1)C(=O)CN1CC(c2ccc3c(c2)OCO3)C(C(=O)O)C1c1ccc(OC)cc1. The van der Waals surface area contributed by atoms with Gasteiger partial charge in [0, 0.05) is 31.6 Å². The molecule has 0 aliphatic carbocycles. The number of benzene rings is 3. The molecule has 3 aromatic rings. The maximum absolute atomic E-state index is 14.0. The van der Waals surface area contributed by atoms with Crippen LogP contribution in [0.2, 0.25) is 0 Å². The van der Waals surface area contributed by atoms with Crippen molar-refractivity contribution in [3.05, 3.63) is 83.4 Å². The third kappa shape index (κ3) is 6.31. The molecule has 0 spiro atoms. The fourth-order valence-electron chi connectivity index (χ4n) is 5.98. The second kappa shape index (κ2) is 13.2. The number of amides is 1. The van der Waals surface area contributed by atoms with Crippen molar-refractivity contribution in [3.8, 4) is 23.0 Å². The molecule has 2 aliphatic rings. The number of methoxy groups -OCH3 is 2. The van der Waals surface area contributed by atoms with Gasteiger partial charge < -0.3 is 29.0 Å². The molecule has 9 heteroatoms. The van der Waals surface area contributed by atoms with Crippen LogP contribution in [-0.4, -0.2) is 67.4 Å². The highest BCUT2D eigenvalue weighted by Gasteiger charge is 2.48. The number of fused-ring (bicyclic) bond motifs is 1. The van der Waals surface area contributed by atoms with Crippen molar-refractivity contribution < 1.29 is 33.6 Å². The van der Waals surface area contributed by atoms with Gasteiger partial charge in [-0.05, 0) is 59.5 Å². The molecule has 1 fully saturated rings. The number of nitrogens with zero attached hydrogens (tertiary/aromatic N) is 2. The highest BCUT2D eigenvalue weighted by Crippen LogP contribution is 2.47. The number of ether oxygens (including phenoxy) is 4. The molecule has 3 aromatic carbocycles. The molecule has 42 heavy (non-hydrogen) atoms. The average Bonchev–Trinajstić information content (AvgIpc) is 3.64. The lowest BCUT2D eigenvalue weighted by molar-refractivity contribution is -0.144. The lowest BCUT2D eigenvalue weighted by Crippen LogP contribution is -2.41. The van der Waals surface area contributed by atoms with Crippen molar-refractivity contribution in [2.75, 3.05) is 40.6 Å². The summed E-state index contributed by atoms with van der Waals surface area (Å²) in [6, 6.07) is 20.3. The number of hydrogen-bond donors (Lipinski definition) is 1. The number of rotatable bonds is 12. The van der Waals surface area contributed by atoms with Crippen LogP contribution in [0.15, 0.2) is 66.7 Å². The summed E-state index contributed by atoms with van der Waals surface area (Å²) in [6.45, 7) is 3.80. The average molecular weight is 575 g/mol. The Morgan fingerprint density at radius 1 is 0.952 bits per heavy atom. The van der Waals surface area contributed by atoms with E-state index in [2.05, 4.69) is 6.92 Å². The molecular weight excluding hydrogens is 536 g/mol. The van der Waals surface area contributed by atoms with Crippen LogP contribution in [-0.2, 0) is 16.1 Å². The normalized spacial score (nSPS) is 19.5. The topological polar surface area (TPSA) is 97.8 Å². The van der Waals surface area contributed by atoms with Gasteiger partial charge in [0.25, 0.3) is 0 Å². The predicted octanol–water partition coefficient (Wildman–Crippen LogP) is 5.10. The van der Waals surface area contributed by atoms with Crippen LogP contribution >= 0.6 is 0 Å². The molecule has 1 amide bonds. The highest BCUT2D eigenvalue weighted by molar-refractivity contribution is 5.79. The summed E-state index contributed by atoms with van der Waals surface area (Å²) in [5.74, 6) is 0.581. The van der Waals surface area contributed by atoms with E-state index in [0.717, 1.165) is 35.3 Å². The Morgan fingerprint density at radius 2 is 1.69 bits per heavy atom. The molecule has 2 aliphatic heterocycles. The fraction of sp³-hybridized carbons (Fsp3) is 0.394. The first-order valence-electron chi connectivity index (χ1n) is 14.3. The lowest BCUT2D eigenvalue weighted by Gasteiger charge is -2.30. The van der Waals surface area contributed by atoms with E-state index in [1.165, 1.54) is 0 Å². The Labute approximate surface area is 246 Å². The van der Waals surface area contributed by atoms with Gasteiger partial charge >= 0.3 is 5.97 Å². The van der Waals surface area contributed by atoms with Crippen molar-refractivity contribution in [1.82, 2.24) is 9.80 Å². The largest absolute Gasteiger partial charge is 0.497 e. The standard InChI is InChI=1S/C33H38N2O7/c1-4-5-15-34(18-22-7-6-8-26(16-22)40-3)30(36)20-35-19-27(24-11-14-28-29(17-24)42-21-41-28)31(33(37)38)32(35)23-9-12-25(39-2)13-10-23/h6-14,16-17,27,31-32H,4-5,15,18-21H2,1-3H3,(H,37,38). The van der Waals surface area contributed by atoms with E-state index in [1.807, 2.05) is 76.5 Å². The second-order valence-corrected chi connectivity index (χ2v) is 10.8. The smallest absolute Gasteiger partial charge is 0.309 e. The predicted molar refractivity (Wildman–Crippen MR) is 157 cm³/mol. The summed E-state index contributed by atoms with van der Waals surface area (Å²) in [5, 5.41) is 10.6. The number of aliphatic carboxylic acids is 1. The van der Waals surface area contributed by atoms with Crippen LogP contribution in [0.4, 0.5) is 0 Å². The molecule has 9 nitrogen and oxygen atoms in total. The third-order valence-corrected chi connectivity index (χ3v) is 8.15. The van der Waals surface area contributed by atoms with Crippen LogP contribution in [0.25, 0.3) is 0 Å². The van der Waals surface area contributed by atoms with Crippen molar-refractivity contribution in [2.24, 2.45) is 5.92 Å². The van der Waals surface area contributed by atoms with Gasteiger partial charge in [0.15, 0.2) is 11.5 Å². The number of carbonyl (C=O) groups is 2. The minimum absolute atomic E-state index is 0.0414. The zero-order chi connectivity index (χ0) is 29.6. The van der Waals surface area contributed by atoms with Crippen molar-refractivity contribution in [2.45, 2.75) is 38.3 Å². The van der Waals surface area contributed by atoms with E-state index in [0.29, 0.717) is 36.9 Å². The van der Waals surface area contributed by atoms with Gasteiger partial charge in [-0.1, -0.05) is 43.7 Å². The molecule has 0 aromatic heterocycles. The maximum Gasteiger partial charge on any atom is 0.309 e. The number of hydrogen-bond acceptors (Lipinski definition) is 7. The van der Waals surface area contributed by atoms with Crippen LogP contribution in [0.5, 0.6) is 23.0 Å². The summed E-state index contributed by atoms with van der Waals surface area (Å²) in [4.78, 5) is 30.8. The van der Waals surface area contributed by atoms with Crippen molar-refractivity contribution in [1.29, 1.82) is 0 Å². The van der Waals surface area contributed by atoms with E-state index in [1.54, 1.807) is 14.2 Å². The molecule has 5 rings (SSSR count). The number of unbranched alkanes of at least 4 members (excludes halogenated alkanes) is 1. The fourth-order valence-corrected chi connectivity index (χ4v) is 5.98. The number of likely N-dealkylation sites (tertiary alicyclic amines) is 1. The summed E-state index contributed by atoms with van der Waals surface area (Å²) in [5.41, 5.74) is 2.65. The molecule has 1 saturated heterocycles. The third-order valence-electron chi connectivity index (χ3n) is 8.15. The molecule has 0 radical (unpaired) electrons. The molecule has 3 unspecified atom stereocenters. The maximum atomic E-state index is 14.0. The first-order chi connectivity index (χ1) is 20.4. The van der Waals surface area contributed by atoms with Gasteiger partial charge in [0.1, 0.15) is 11.5 Å². The quantitative estimate of drug-likeness (QED) is 0.319. The Morgan fingerprint density at radius 3 is 2.40 bits per heavy atom. The highest BCUT2D eigenvalue weighted by atomic mass is 16.7. The zero-order valence-corrected chi connectivity index (χ0v) is 24.3. The summed E-state index contributed by atoms with van der Waals surface area (Å²) in [6.07, 6.45) is 1.82. The van der Waals surface area contributed by atoms with E-state index in [4.69, 9.17) is 18.9 Å². The van der Waals surface area contributed by atoms with Gasteiger partial charge in [-0.25, -0.2) is 0 Å². The van der Waals surface area contributed by atoms with Gasteiger partial charge in [-0.3, -0.25) is 14.5 Å². The Hall–Kier alpha value is -4.24. The molecule has 1 N–H and O–H groups in total. The van der Waals surface area contributed by atoms with Gasteiger partial charge in [0.05, 0.1) is 26.7 Å².